The van der Waals surface area contributed by atoms with Gasteiger partial charge in [0, 0.05) is 25.3 Å². The van der Waals surface area contributed by atoms with Crippen molar-refractivity contribution in [2.75, 3.05) is 24.5 Å². The van der Waals surface area contributed by atoms with Crippen LogP contribution in [0.5, 0.6) is 0 Å². The van der Waals surface area contributed by atoms with E-state index in [0.29, 0.717) is 0 Å². The van der Waals surface area contributed by atoms with Gasteiger partial charge in [-0.25, -0.2) is 0 Å². The van der Waals surface area contributed by atoms with Crippen LogP contribution in [-0.2, 0) is 6.54 Å². The molecule has 1 aliphatic rings. The van der Waals surface area contributed by atoms with Gasteiger partial charge in [-0.2, -0.15) is 0 Å². The van der Waals surface area contributed by atoms with E-state index < -0.39 is 0 Å². The van der Waals surface area contributed by atoms with E-state index in [9.17, 15) is 0 Å². The van der Waals surface area contributed by atoms with Crippen molar-refractivity contribution in [3.8, 4) is 0 Å². The fourth-order valence-electron chi connectivity index (χ4n) is 2.57. The summed E-state index contributed by atoms with van der Waals surface area (Å²) >= 11 is 0. The number of aryl methyl sites for hydroxylation is 1. The number of nitrogens with zero attached hydrogens (tertiary/aromatic N) is 1. The van der Waals surface area contributed by atoms with Crippen molar-refractivity contribution >= 4 is 5.69 Å². The summed E-state index contributed by atoms with van der Waals surface area (Å²) in [4.78, 5) is 2.56. The van der Waals surface area contributed by atoms with Crippen molar-refractivity contribution in [3.05, 3.63) is 29.3 Å². The van der Waals surface area contributed by atoms with Crippen molar-refractivity contribution in [1.29, 1.82) is 0 Å². The van der Waals surface area contributed by atoms with Gasteiger partial charge < -0.3 is 10.2 Å². The quantitative estimate of drug-likeness (QED) is 0.716. The summed E-state index contributed by atoms with van der Waals surface area (Å²) in [6.07, 6.45) is 4.04. The van der Waals surface area contributed by atoms with Crippen molar-refractivity contribution < 1.29 is 0 Å². The molecule has 0 amide bonds. The largest absolute Gasteiger partial charge is 0.371 e. The highest BCUT2D eigenvalue weighted by Crippen LogP contribution is 2.32. The number of anilines is 1. The molecule has 0 unspecified atom stereocenters. The Kier molecular flexibility index (Phi) is 5.26. The Bertz CT molecular complexity index is 396. The number of hydrogen-bond acceptors (Lipinski definition) is 2. The molecule has 2 rings (SSSR count). The van der Waals surface area contributed by atoms with E-state index in [0.717, 1.165) is 25.6 Å². The second-order valence-electron chi connectivity index (χ2n) is 5.79. The SMILES string of the molecule is CCCNCc1cc(C)ccc1N(CC)CC1CC1. The second kappa shape index (κ2) is 6.95. The first kappa shape index (κ1) is 14.4. The third-order valence-electron chi connectivity index (χ3n) is 3.88. The summed E-state index contributed by atoms with van der Waals surface area (Å²) in [7, 11) is 0. The standard InChI is InChI=1S/C17H28N2/c1-4-10-18-12-16-11-14(3)6-9-17(16)19(5-2)13-15-7-8-15/h6,9,11,15,18H,4-5,7-8,10,12-13H2,1-3H3. The molecule has 0 spiro atoms. The minimum atomic E-state index is 0.942. The molecule has 106 valence electrons. The Hall–Kier alpha value is -1.02. The summed E-state index contributed by atoms with van der Waals surface area (Å²) in [5.41, 5.74) is 4.25. The molecule has 0 atom stereocenters. The Morgan fingerprint density at radius 2 is 2.05 bits per heavy atom. The smallest absolute Gasteiger partial charge is 0.0412 e. The van der Waals surface area contributed by atoms with Crippen molar-refractivity contribution in [3.63, 3.8) is 0 Å². The van der Waals surface area contributed by atoms with Crippen molar-refractivity contribution in [1.82, 2.24) is 5.32 Å². The van der Waals surface area contributed by atoms with Gasteiger partial charge in [-0.15, -0.1) is 0 Å². The molecule has 1 aliphatic carbocycles. The van der Waals surface area contributed by atoms with Crippen LogP contribution in [0.15, 0.2) is 18.2 Å². The highest BCUT2D eigenvalue weighted by atomic mass is 15.1. The maximum Gasteiger partial charge on any atom is 0.0412 e. The molecular weight excluding hydrogens is 232 g/mol. The molecule has 0 aromatic heterocycles. The van der Waals surface area contributed by atoms with Gasteiger partial charge in [0.15, 0.2) is 0 Å². The van der Waals surface area contributed by atoms with Gasteiger partial charge in [-0.3, -0.25) is 0 Å². The third-order valence-corrected chi connectivity index (χ3v) is 3.88. The maximum atomic E-state index is 3.54. The molecule has 0 heterocycles. The summed E-state index contributed by atoms with van der Waals surface area (Å²) in [6, 6.07) is 6.89. The first-order chi connectivity index (χ1) is 9.24. The van der Waals surface area contributed by atoms with Crippen LogP contribution in [0.1, 0.15) is 44.2 Å². The van der Waals surface area contributed by atoms with Crippen LogP contribution in [0.2, 0.25) is 0 Å². The molecule has 1 aromatic carbocycles. The monoisotopic (exact) mass is 260 g/mol. The van der Waals surface area contributed by atoms with Gasteiger partial charge >= 0.3 is 0 Å². The number of rotatable bonds is 8. The van der Waals surface area contributed by atoms with Crippen LogP contribution in [0.4, 0.5) is 5.69 Å². The molecular formula is C17H28N2. The zero-order chi connectivity index (χ0) is 13.7. The highest BCUT2D eigenvalue weighted by molar-refractivity contribution is 5.55. The minimum absolute atomic E-state index is 0.942. The lowest BCUT2D eigenvalue weighted by Crippen LogP contribution is -2.27. The number of hydrogen-bond donors (Lipinski definition) is 1. The minimum Gasteiger partial charge on any atom is -0.371 e. The molecule has 0 saturated heterocycles. The average molecular weight is 260 g/mol. The molecule has 2 heteroatoms. The van der Waals surface area contributed by atoms with E-state index in [1.807, 2.05) is 0 Å². The van der Waals surface area contributed by atoms with E-state index in [-0.39, 0.29) is 0 Å². The Balaban J connectivity index is 2.11. The molecule has 0 aliphatic heterocycles. The fourth-order valence-corrected chi connectivity index (χ4v) is 2.57. The predicted octanol–water partition coefficient (Wildman–Crippen LogP) is 3.73. The lowest BCUT2D eigenvalue weighted by atomic mass is 10.1. The maximum absolute atomic E-state index is 3.54. The summed E-state index contributed by atoms with van der Waals surface area (Å²) in [5.74, 6) is 0.942. The molecule has 19 heavy (non-hydrogen) atoms. The molecule has 0 bridgehead atoms. The lowest BCUT2D eigenvalue weighted by Gasteiger charge is -2.26. The van der Waals surface area contributed by atoms with Gasteiger partial charge in [-0.1, -0.05) is 24.6 Å². The van der Waals surface area contributed by atoms with E-state index >= 15 is 0 Å². The zero-order valence-corrected chi connectivity index (χ0v) is 12.7. The third kappa shape index (κ3) is 4.24. The van der Waals surface area contributed by atoms with E-state index in [4.69, 9.17) is 0 Å². The van der Waals surface area contributed by atoms with Crippen LogP contribution < -0.4 is 10.2 Å². The van der Waals surface area contributed by atoms with E-state index in [2.05, 4.69) is 49.2 Å². The van der Waals surface area contributed by atoms with Crippen LogP contribution in [0.3, 0.4) is 0 Å². The molecule has 1 fully saturated rings. The van der Waals surface area contributed by atoms with Gasteiger partial charge in [0.1, 0.15) is 0 Å². The van der Waals surface area contributed by atoms with Gasteiger partial charge in [0.2, 0.25) is 0 Å². The topological polar surface area (TPSA) is 15.3 Å². The van der Waals surface area contributed by atoms with Crippen LogP contribution in [0.25, 0.3) is 0 Å². The van der Waals surface area contributed by atoms with Gasteiger partial charge in [0.25, 0.3) is 0 Å². The van der Waals surface area contributed by atoms with Gasteiger partial charge in [-0.05, 0) is 57.2 Å². The van der Waals surface area contributed by atoms with Gasteiger partial charge in [0.05, 0.1) is 0 Å². The Labute approximate surface area is 118 Å². The fraction of sp³-hybridized carbons (Fsp3) is 0.647. The van der Waals surface area contributed by atoms with Crippen LogP contribution in [-0.4, -0.2) is 19.6 Å². The molecule has 0 radical (unpaired) electrons. The Morgan fingerprint density at radius 3 is 2.68 bits per heavy atom. The molecule has 1 saturated carbocycles. The highest BCUT2D eigenvalue weighted by Gasteiger charge is 2.24. The molecule has 1 aromatic rings. The average Bonchev–Trinajstić information content (AvgIpc) is 3.21. The number of nitrogens with one attached hydrogen (secondary N) is 1. The predicted molar refractivity (Wildman–Crippen MR) is 83.8 cm³/mol. The zero-order valence-electron chi connectivity index (χ0n) is 12.7. The lowest BCUT2D eigenvalue weighted by molar-refractivity contribution is 0.668. The Morgan fingerprint density at radius 1 is 1.26 bits per heavy atom. The summed E-state index contributed by atoms with van der Waals surface area (Å²) < 4.78 is 0. The van der Waals surface area contributed by atoms with E-state index in [1.54, 1.807) is 0 Å². The van der Waals surface area contributed by atoms with E-state index in [1.165, 1.54) is 42.6 Å². The summed E-state index contributed by atoms with van der Waals surface area (Å²) in [6.45, 7) is 11.1. The van der Waals surface area contributed by atoms with Crippen molar-refractivity contribution in [2.45, 2.75) is 46.6 Å². The second-order valence-corrected chi connectivity index (χ2v) is 5.79. The van der Waals surface area contributed by atoms with Crippen LogP contribution in [0, 0.1) is 12.8 Å². The number of benzene rings is 1. The summed E-state index contributed by atoms with van der Waals surface area (Å²) in [5, 5.41) is 3.54. The molecule has 2 nitrogen and oxygen atoms in total. The molecule has 1 N–H and O–H groups in total. The normalized spacial score (nSPS) is 14.7. The first-order valence-corrected chi connectivity index (χ1v) is 7.79. The van der Waals surface area contributed by atoms with Crippen LogP contribution >= 0.6 is 0 Å². The van der Waals surface area contributed by atoms with Crippen molar-refractivity contribution in [2.24, 2.45) is 5.92 Å². The first-order valence-electron chi connectivity index (χ1n) is 7.79.